The topological polar surface area (TPSA) is 58.6 Å². The third-order valence-electron chi connectivity index (χ3n) is 3.33. The van der Waals surface area contributed by atoms with Crippen molar-refractivity contribution in [1.29, 1.82) is 0 Å². The highest BCUT2D eigenvalue weighted by Gasteiger charge is 2.11. The first-order valence-electron chi connectivity index (χ1n) is 7.33. The molecule has 0 aromatic heterocycles. The largest absolute Gasteiger partial charge is 0.497 e. The Labute approximate surface area is 132 Å². The second kappa shape index (κ2) is 9.60. The van der Waals surface area contributed by atoms with Crippen LogP contribution in [0, 0.1) is 0 Å². The van der Waals surface area contributed by atoms with Crippen molar-refractivity contribution >= 4 is 11.8 Å². The highest BCUT2D eigenvalue weighted by atomic mass is 16.5. The molecule has 1 aromatic carbocycles. The van der Waals surface area contributed by atoms with Crippen LogP contribution in [0.25, 0.3) is 0 Å². The Kier molecular flexibility index (Phi) is 7.75. The zero-order valence-electron chi connectivity index (χ0n) is 13.3. The molecule has 0 aliphatic rings. The van der Waals surface area contributed by atoms with Gasteiger partial charge in [0.05, 0.1) is 7.11 Å². The van der Waals surface area contributed by atoms with Gasteiger partial charge in [0.2, 0.25) is 11.8 Å². The third-order valence-corrected chi connectivity index (χ3v) is 3.33. The van der Waals surface area contributed by atoms with Gasteiger partial charge in [0.15, 0.2) is 0 Å². The van der Waals surface area contributed by atoms with E-state index in [-0.39, 0.29) is 11.8 Å². The molecule has 0 bridgehead atoms. The first-order valence-corrected chi connectivity index (χ1v) is 7.33. The number of rotatable bonds is 9. The van der Waals surface area contributed by atoms with Gasteiger partial charge in [-0.05, 0) is 24.1 Å². The molecule has 1 N–H and O–H groups in total. The van der Waals surface area contributed by atoms with Gasteiger partial charge in [-0.2, -0.15) is 0 Å². The van der Waals surface area contributed by atoms with Gasteiger partial charge in [-0.25, -0.2) is 0 Å². The van der Waals surface area contributed by atoms with Gasteiger partial charge in [-0.1, -0.05) is 18.2 Å². The summed E-state index contributed by atoms with van der Waals surface area (Å²) in [6.07, 6.45) is 2.68. The fourth-order valence-corrected chi connectivity index (χ4v) is 1.99. The van der Waals surface area contributed by atoms with E-state index in [4.69, 9.17) is 4.74 Å². The van der Waals surface area contributed by atoms with Crippen LogP contribution in [-0.4, -0.2) is 43.5 Å². The average molecular weight is 304 g/mol. The number of ether oxygens (including phenoxy) is 1. The lowest BCUT2D eigenvalue weighted by Crippen LogP contribution is -2.35. The maximum absolute atomic E-state index is 11.7. The molecule has 0 heterocycles. The molecule has 5 nitrogen and oxygen atoms in total. The minimum Gasteiger partial charge on any atom is -0.497 e. The Morgan fingerprint density at radius 3 is 2.50 bits per heavy atom. The molecule has 22 heavy (non-hydrogen) atoms. The van der Waals surface area contributed by atoms with E-state index in [9.17, 15) is 9.59 Å². The lowest BCUT2D eigenvalue weighted by atomic mass is 10.1. The Bertz CT molecular complexity index is 497. The van der Waals surface area contributed by atoms with Crippen molar-refractivity contribution in [2.24, 2.45) is 0 Å². The van der Waals surface area contributed by atoms with Gasteiger partial charge < -0.3 is 15.0 Å². The van der Waals surface area contributed by atoms with Crippen LogP contribution < -0.4 is 10.1 Å². The van der Waals surface area contributed by atoms with Crippen LogP contribution in [0.4, 0.5) is 0 Å². The molecule has 1 rings (SSSR count). The lowest BCUT2D eigenvalue weighted by Gasteiger charge is -2.20. The molecule has 0 unspecified atom stereocenters. The minimum atomic E-state index is -0.0735. The number of benzene rings is 1. The van der Waals surface area contributed by atoms with Crippen LogP contribution in [-0.2, 0) is 16.0 Å². The molecule has 0 spiro atoms. The Morgan fingerprint density at radius 1 is 1.27 bits per heavy atom. The van der Waals surface area contributed by atoms with E-state index in [1.165, 1.54) is 6.92 Å². The summed E-state index contributed by atoms with van der Waals surface area (Å²) < 4.78 is 5.11. The number of hydrogen-bond acceptors (Lipinski definition) is 3. The molecule has 5 heteroatoms. The molecule has 0 saturated heterocycles. The standard InChI is InChI=1S/C17H24N2O3/c1-4-11-18-17(21)10-13-19(14(2)20)12-9-15-5-7-16(22-3)8-6-15/h4-8H,1,9-13H2,2-3H3,(H,18,21). The Balaban J connectivity index is 2.44. The van der Waals surface area contributed by atoms with Crippen molar-refractivity contribution in [3.8, 4) is 5.75 Å². The summed E-state index contributed by atoms with van der Waals surface area (Å²) in [7, 11) is 1.63. The highest BCUT2D eigenvalue weighted by Crippen LogP contribution is 2.12. The number of nitrogens with one attached hydrogen (secondary N) is 1. The van der Waals surface area contributed by atoms with E-state index in [0.29, 0.717) is 26.1 Å². The van der Waals surface area contributed by atoms with E-state index in [0.717, 1.165) is 17.7 Å². The van der Waals surface area contributed by atoms with Crippen molar-refractivity contribution in [2.75, 3.05) is 26.7 Å². The van der Waals surface area contributed by atoms with Gasteiger partial charge in [-0.3, -0.25) is 9.59 Å². The van der Waals surface area contributed by atoms with Gasteiger partial charge in [0.25, 0.3) is 0 Å². The predicted molar refractivity (Wildman–Crippen MR) is 86.8 cm³/mol. The zero-order chi connectivity index (χ0) is 16.4. The van der Waals surface area contributed by atoms with Crippen LogP contribution in [0.5, 0.6) is 5.75 Å². The van der Waals surface area contributed by atoms with Crippen molar-refractivity contribution in [3.05, 3.63) is 42.5 Å². The zero-order valence-corrected chi connectivity index (χ0v) is 13.3. The fraction of sp³-hybridized carbons (Fsp3) is 0.412. The van der Waals surface area contributed by atoms with Gasteiger partial charge in [0, 0.05) is 33.0 Å². The number of carbonyl (C=O) groups excluding carboxylic acids is 2. The summed E-state index contributed by atoms with van der Waals surface area (Å²) in [4.78, 5) is 24.9. The monoisotopic (exact) mass is 304 g/mol. The summed E-state index contributed by atoms with van der Waals surface area (Å²) in [6, 6.07) is 7.76. The Hall–Kier alpha value is -2.30. The summed E-state index contributed by atoms with van der Waals surface area (Å²) >= 11 is 0. The van der Waals surface area contributed by atoms with Gasteiger partial charge in [-0.15, -0.1) is 6.58 Å². The molecule has 0 aliphatic heterocycles. The number of nitrogens with zero attached hydrogens (tertiary/aromatic N) is 1. The first-order chi connectivity index (χ1) is 10.6. The molecule has 0 aliphatic carbocycles. The van der Waals surface area contributed by atoms with E-state index >= 15 is 0 Å². The second-order valence-electron chi connectivity index (χ2n) is 4.95. The van der Waals surface area contributed by atoms with Gasteiger partial charge in [0.1, 0.15) is 5.75 Å². The normalized spacial score (nSPS) is 9.91. The molecular formula is C17H24N2O3. The second-order valence-corrected chi connectivity index (χ2v) is 4.95. The summed E-state index contributed by atoms with van der Waals surface area (Å²) in [5.41, 5.74) is 1.13. The number of amides is 2. The highest BCUT2D eigenvalue weighted by molar-refractivity contribution is 5.78. The molecule has 0 fully saturated rings. The molecule has 1 aromatic rings. The summed E-state index contributed by atoms with van der Waals surface area (Å²) in [6.45, 7) is 6.53. The molecule has 2 amide bonds. The summed E-state index contributed by atoms with van der Waals surface area (Å²) in [5.74, 6) is 0.715. The van der Waals surface area contributed by atoms with Crippen molar-refractivity contribution < 1.29 is 14.3 Å². The molecule has 120 valence electrons. The van der Waals surface area contributed by atoms with Crippen molar-refractivity contribution in [1.82, 2.24) is 10.2 Å². The van der Waals surface area contributed by atoms with Crippen LogP contribution >= 0.6 is 0 Å². The third kappa shape index (κ3) is 6.43. The number of carbonyl (C=O) groups is 2. The van der Waals surface area contributed by atoms with Crippen LogP contribution in [0.3, 0.4) is 0 Å². The Morgan fingerprint density at radius 2 is 1.95 bits per heavy atom. The maximum Gasteiger partial charge on any atom is 0.222 e. The lowest BCUT2D eigenvalue weighted by molar-refractivity contribution is -0.129. The smallest absolute Gasteiger partial charge is 0.222 e. The molecular weight excluding hydrogens is 280 g/mol. The maximum atomic E-state index is 11.7. The quantitative estimate of drug-likeness (QED) is 0.708. The van der Waals surface area contributed by atoms with E-state index < -0.39 is 0 Å². The fourth-order valence-electron chi connectivity index (χ4n) is 1.99. The minimum absolute atomic E-state index is 0.0231. The predicted octanol–water partition coefficient (Wildman–Crippen LogP) is 1.78. The van der Waals surface area contributed by atoms with E-state index in [1.807, 2.05) is 24.3 Å². The summed E-state index contributed by atoms with van der Waals surface area (Å²) in [5, 5.41) is 2.70. The molecule has 0 radical (unpaired) electrons. The number of hydrogen-bond donors (Lipinski definition) is 1. The molecule has 0 atom stereocenters. The van der Waals surface area contributed by atoms with Crippen molar-refractivity contribution in [3.63, 3.8) is 0 Å². The van der Waals surface area contributed by atoms with Crippen LogP contribution in [0.15, 0.2) is 36.9 Å². The molecule has 0 saturated carbocycles. The van der Waals surface area contributed by atoms with Gasteiger partial charge >= 0.3 is 0 Å². The van der Waals surface area contributed by atoms with Crippen molar-refractivity contribution in [2.45, 2.75) is 19.8 Å². The number of methoxy groups -OCH3 is 1. The van der Waals surface area contributed by atoms with Crippen LogP contribution in [0.2, 0.25) is 0 Å². The first kappa shape index (κ1) is 17.8. The van der Waals surface area contributed by atoms with E-state index in [1.54, 1.807) is 18.1 Å². The van der Waals surface area contributed by atoms with Crippen LogP contribution in [0.1, 0.15) is 18.9 Å². The SMILES string of the molecule is C=CCNC(=O)CCN(CCc1ccc(OC)cc1)C(C)=O. The average Bonchev–Trinajstić information content (AvgIpc) is 2.53. The van der Waals surface area contributed by atoms with E-state index in [2.05, 4.69) is 11.9 Å².